The minimum absolute atomic E-state index is 0.202. The molecule has 0 bridgehead atoms. The van der Waals surface area contributed by atoms with Crippen LogP contribution in [0.15, 0.2) is 42.5 Å². The third-order valence-electron chi connectivity index (χ3n) is 5.11. The van der Waals surface area contributed by atoms with Crippen LogP contribution < -0.4 is 5.32 Å². The first-order valence-corrected chi connectivity index (χ1v) is 10.0. The summed E-state index contributed by atoms with van der Waals surface area (Å²) in [5, 5.41) is 9.47. The SMILES string of the molecule is Cn1nc2c(c1NC(=O)c1cccc3ccccc13)CN(C(=O)OC(C)(C)C)CC2. The van der Waals surface area contributed by atoms with Crippen molar-refractivity contribution in [1.82, 2.24) is 14.7 Å². The fraction of sp³-hybridized carbons (Fsp3) is 0.348. The van der Waals surface area contributed by atoms with E-state index in [4.69, 9.17) is 4.74 Å². The molecule has 0 radical (unpaired) electrons. The number of nitrogens with one attached hydrogen (secondary N) is 1. The Morgan fingerprint density at radius 1 is 1.10 bits per heavy atom. The second kappa shape index (κ2) is 7.48. The van der Waals surface area contributed by atoms with Crippen molar-refractivity contribution in [1.29, 1.82) is 0 Å². The maximum Gasteiger partial charge on any atom is 0.410 e. The van der Waals surface area contributed by atoms with Crippen molar-refractivity contribution in [3.63, 3.8) is 0 Å². The molecule has 2 heterocycles. The fourth-order valence-corrected chi connectivity index (χ4v) is 3.74. The van der Waals surface area contributed by atoms with Gasteiger partial charge in [0, 0.05) is 31.1 Å². The Balaban J connectivity index is 1.60. The summed E-state index contributed by atoms with van der Waals surface area (Å²) in [5.74, 6) is 0.406. The van der Waals surface area contributed by atoms with E-state index in [9.17, 15) is 9.59 Å². The zero-order valence-corrected chi connectivity index (χ0v) is 17.7. The molecule has 1 aromatic heterocycles. The van der Waals surface area contributed by atoms with Crippen molar-refractivity contribution in [3.05, 3.63) is 59.3 Å². The van der Waals surface area contributed by atoms with E-state index in [1.165, 1.54) is 0 Å². The highest BCUT2D eigenvalue weighted by Crippen LogP contribution is 2.28. The molecule has 30 heavy (non-hydrogen) atoms. The third-order valence-corrected chi connectivity index (χ3v) is 5.11. The summed E-state index contributed by atoms with van der Waals surface area (Å²) in [6, 6.07) is 13.5. The number of anilines is 1. The van der Waals surface area contributed by atoms with E-state index >= 15 is 0 Å². The molecule has 2 aromatic carbocycles. The Morgan fingerprint density at radius 3 is 2.60 bits per heavy atom. The molecule has 7 nitrogen and oxygen atoms in total. The van der Waals surface area contributed by atoms with Crippen molar-refractivity contribution in [2.45, 2.75) is 39.3 Å². The van der Waals surface area contributed by atoms with Gasteiger partial charge < -0.3 is 15.0 Å². The number of benzene rings is 2. The lowest BCUT2D eigenvalue weighted by molar-refractivity contribution is 0.0224. The first kappa shape index (κ1) is 19.9. The van der Waals surface area contributed by atoms with Crippen LogP contribution in [0.2, 0.25) is 0 Å². The predicted octanol–water partition coefficient (Wildman–Crippen LogP) is 4.12. The highest BCUT2D eigenvalue weighted by Gasteiger charge is 2.30. The van der Waals surface area contributed by atoms with Gasteiger partial charge in [-0.1, -0.05) is 36.4 Å². The lowest BCUT2D eigenvalue weighted by Crippen LogP contribution is -2.40. The van der Waals surface area contributed by atoms with Gasteiger partial charge >= 0.3 is 6.09 Å². The molecule has 0 fully saturated rings. The number of nitrogens with zero attached hydrogens (tertiary/aromatic N) is 3. The maximum atomic E-state index is 13.1. The number of aryl methyl sites for hydroxylation is 1. The van der Waals surface area contributed by atoms with Crippen molar-refractivity contribution >= 4 is 28.6 Å². The summed E-state index contributed by atoms with van der Waals surface area (Å²) < 4.78 is 7.18. The lowest BCUT2D eigenvalue weighted by atomic mass is 10.0. The highest BCUT2D eigenvalue weighted by molar-refractivity contribution is 6.12. The van der Waals surface area contributed by atoms with Gasteiger partial charge in [-0.25, -0.2) is 4.79 Å². The zero-order valence-electron chi connectivity index (χ0n) is 17.7. The van der Waals surface area contributed by atoms with E-state index in [-0.39, 0.29) is 12.0 Å². The number of hydrogen-bond acceptors (Lipinski definition) is 4. The number of aromatic nitrogens is 2. The Labute approximate surface area is 175 Å². The molecule has 0 unspecified atom stereocenters. The van der Waals surface area contributed by atoms with Gasteiger partial charge in [-0.2, -0.15) is 5.10 Å². The molecular weight excluding hydrogens is 380 g/mol. The van der Waals surface area contributed by atoms with Crippen LogP contribution in [0, 0.1) is 0 Å². The average molecular weight is 406 g/mol. The van der Waals surface area contributed by atoms with Crippen LogP contribution in [0.3, 0.4) is 0 Å². The van der Waals surface area contributed by atoms with E-state index in [2.05, 4.69) is 10.4 Å². The van der Waals surface area contributed by atoms with Crippen LogP contribution in [-0.4, -0.2) is 38.8 Å². The number of rotatable bonds is 2. The molecular formula is C23H26N4O3. The van der Waals surface area contributed by atoms with E-state index in [1.807, 2.05) is 63.2 Å². The number of carbonyl (C=O) groups excluding carboxylic acids is 2. The molecule has 7 heteroatoms. The van der Waals surface area contributed by atoms with Crippen molar-refractivity contribution in [2.75, 3.05) is 11.9 Å². The van der Waals surface area contributed by atoms with E-state index in [1.54, 1.807) is 16.6 Å². The van der Waals surface area contributed by atoms with Gasteiger partial charge in [0.25, 0.3) is 5.91 Å². The summed E-state index contributed by atoms with van der Waals surface area (Å²) >= 11 is 0. The van der Waals surface area contributed by atoms with E-state index in [0.29, 0.717) is 30.9 Å². The molecule has 2 amide bonds. The van der Waals surface area contributed by atoms with Gasteiger partial charge in [0.2, 0.25) is 0 Å². The normalized spacial score (nSPS) is 13.8. The minimum Gasteiger partial charge on any atom is -0.444 e. The Hall–Kier alpha value is -3.35. The van der Waals surface area contributed by atoms with Crippen LogP contribution in [0.4, 0.5) is 10.6 Å². The van der Waals surface area contributed by atoms with Crippen molar-refractivity contribution in [3.8, 4) is 0 Å². The molecule has 0 aliphatic carbocycles. The fourth-order valence-electron chi connectivity index (χ4n) is 3.74. The van der Waals surface area contributed by atoms with Gasteiger partial charge in [0.05, 0.1) is 12.2 Å². The highest BCUT2D eigenvalue weighted by atomic mass is 16.6. The number of fused-ring (bicyclic) bond motifs is 2. The van der Waals surface area contributed by atoms with Gasteiger partial charge in [-0.3, -0.25) is 9.48 Å². The zero-order chi connectivity index (χ0) is 21.5. The molecule has 3 aromatic rings. The molecule has 0 saturated heterocycles. The molecule has 1 aliphatic heterocycles. The average Bonchev–Trinajstić information content (AvgIpc) is 3.00. The second-order valence-corrected chi connectivity index (χ2v) is 8.53. The topological polar surface area (TPSA) is 76.5 Å². The molecule has 4 rings (SSSR count). The molecule has 0 spiro atoms. The number of hydrogen-bond donors (Lipinski definition) is 1. The minimum atomic E-state index is -0.558. The van der Waals surface area contributed by atoms with Crippen molar-refractivity contribution < 1.29 is 14.3 Å². The second-order valence-electron chi connectivity index (χ2n) is 8.53. The molecule has 1 N–H and O–H groups in total. The molecule has 1 aliphatic rings. The third kappa shape index (κ3) is 3.87. The molecule has 156 valence electrons. The number of ether oxygens (including phenoxy) is 1. The number of carbonyl (C=O) groups is 2. The van der Waals surface area contributed by atoms with Crippen LogP contribution in [0.1, 0.15) is 42.4 Å². The van der Waals surface area contributed by atoms with Gasteiger partial charge in [0.1, 0.15) is 11.4 Å². The van der Waals surface area contributed by atoms with Gasteiger partial charge in [-0.05, 0) is 37.6 Å². The van der Waals surface area contributed by atoms with Crippen LogP contribution in [0.5, 0.6) is 0 Å². The Morgan fingerprint density at radius 2 is 1.83 bits per heavy atom. The van der Waals surface area contributed by atoms with Crippen LogP contribution in [0.25, 0.3) is 10.8 Å². The van der Waals surface area contributed by atoms with E-state index < -0.39 is 5.60 Å². The predicted molar refractivity (Wildman–Crippen MR) is 115 cm³/mol. The number of amides is 2. The monoisotopic (exact) mass is 406 g/mol. The maximum absolute atomic E-state index is 13.1. The quantitative estimate of drug-likeness (QED) is 0.695. The van der Waals surface area contributed by atoms with Gasteiger partial charge in [-0.15, -0.1) is 0 Å². The molecule has 0 saturated carbocycles. The van der Waals surface area contributed by atoms with Crippen LogP contribution >= 0.6 is 0 Å². The summed E-state index contributed by atoms with van der Waals surface area (Å²) in [5.41, 5.74) is 1.79. The van der Waals surface area contributed by atoms with Crippen LogP contribution in [-0.2, 0) is 24.8 Å². The first-order chi connectivity index (χ1) is 14.2. The Kier molecular flexibility index (Phi) is 4.97. The lowest BCUT2D eigenvalue weighted by Gasteiger charge is -2.29. The Bertz CT molecular complexity index is 1120. The van der Waals surface area contributed by atoms with E-state index in [0.717, 1.165) is 22.0 Å². The first-order valence-electron chi connectivity index (χ1n) is 10.0. The molecule has 0 atom stereocenters. The van der Waals surface area contributed by atoms with Gasteiger partial charge in [0.15, 0.2) is 0 Å². The summed E-state index contributed by atoms with van der Waals surface area (Å²) in [4.78, 5) is 27.3. The largest absolute Gasteiger partial charge is 0.444 e. The standard InChI is InChI=1S/C23H26N4O3/c1-23(2,3)30-22(29)27-13-12-19-18(14-27)20(26(4)25-19)24-21(28)17-11-7-9-15-8-5-6-10-16(15)17/h5-11H,12-14H2,1-4H3,(H,24,28). The summed E-state index contributed by atoms with van der Waals surface area (Å²) in [6.07, 6.45) is 0.260. The summed E-state index contributed by atoms with van der Waals surface area (Å²) in [7, 11) is 1.80. The summed E-state index contributed by atoms with van der Waals surface area (Å²) in [6.45, 7) is 6.43. The smallest absolute Gasteiger partial charge is 0.410 e. The van der Waals surface area contributed by atoms with Crippen molar-refractivity contribution in [2.24, 2.45) is 7.05 Å².